The summed E-state index contributed by atoms with van der Waals surface area (Å²) in [6, 6.07) is 8.22. The van der Waals surface area contributed by atoms with Crippen LogP contribution >= 0.6 is 11.3 Å². The van der Waals surface area contributed by atoms with Crippen molar-refractivity contribution >= 4 is 17.3 Å². The predicted octanol–water partition coefficient (Wildman–Crippen LogP) is 3.29. The summed E-state index contributed by atoms with van der Waals surface area (Å²) in [5, 5.41) is 7.77. The molecule has 2 aromatic rings. The van der Waals surface area contributed by atoms with Gasteiger partial charge in [0.2, 0.25) is 6.79 Å². The first-order valence-electron chi connectivity index (χ1n) is 7.99. The molecule has 0 saturated heterocycles. The van der Waals surface area contributed by atoms with E-state index in [1.165, 1.54) is 5.56 Å². The van der Waals surface area contributed by atoms with E-state index in [4.69, 9.17) is 9.47 Å². The number of hydrogen-bond acceptors (Lipinski definition) is 4. The molecular formula is C18H23N3O2S. The monoisotopic (exact) mass is 345 g/mol. The van der Waals surface area contributed by atoms with Crippen molar-refractivity contribution in [3.63, 3.8) is 0 Å². The Morgan fingerprint density at radius 3 is 2.92 bits per heavy atom. The van der Waals surface area contributed by atoms with Crippen LogP contribution in [0.2, 0.25) is 0 Å². The maximum atomic E-state index is 5.44. The Kier molecular flexibility index (Phi) is 5.25. The summed E-state index contributed by atoms with van der Waals surface area (Å²) in [7, 11) is 3.85. The van der Waals surface area contributed by atoms with E-state index in [9.17, 15) is 0 Å². The number of thiophene rings is 1. The molecule has 1 atom stereocenters. The molecule has 128 valence electrons. The fraction of sp³-hybridized carbons (Fsp3) is 0.389. The van der Waals surface area contributed by atoms with E-state index in [1.807, 2.05) is 26.2 Å². The zero-order chi connectivity index (χ0) is 16.9. The molecule has 0 saturated carbocycles. The van der Waals surface area contributed by atoms with Crippen molar-refractivity contribution in [3.05, 3.63) is 46.2 Å². The zero-order valence-corrected chi connectivity index (χ0v) is 15.1. The smallest absolute Gasteiger partial charge is 0.231 e. The molecule has 0 spiro atoms. The molecule has 1 aromatic carbocycles. The highest BCUT2D eigenvalue weighted by atomic mass is 32.1. The second-order valence-corrected chi connectivity index (χ2v) is 6.71. The minimum absolute atomic E-state index is 0.304. The van der Waals surface area contributed by atoms with Crippen LogP contribution in [0.1, 0.15) is 24.0 Å². The summed E-state index contributed by atoms with van der Waals surface area (Å²) in [5.74, 6) is 2.96. The SMILES string of the molecule is CN=C(NCC(C)c1ccsc1)N(C)Cc1ccc2c(c1)OCO2. The number of nitrogens with zero attached hydrogens (tertiary/aromatic N) is 2. The Hall–Kier alpha value is -2.21. The van der Waals surface area contributed by atoms with Crippen LogP contribution in [0.3, 0.4) is 0 Å². The van der Waals surface area contributed by atoms with Gasteiger partial charge in [-0.3, -0.25) is 4.99 Å². The molecular weight excluding hydrogens is 322 g/mol. The van der Waals surface area contributed by atoms with Gasteiger partial charge >= 0.3 is 0 Å². The van der Waals surface area contributed by atoms with Gasteiger partial charge in [0, 0.05) is 27.2 Å². The summed E-state index contributed by atoms with van der Waals surface area (Å²) < 4.78 is 10.8. The number of aliphatic imine (C=N–C) groups is 1. The van der Waals surface area contributed by atoms with Gasteiger partial charge in [0.25, 0.3) is 0 Å². The summed E-state index contributed by atoms with van der Waals surface area (Å²) in [5.41, 5.74) is 2.52. The average Bonchev–Trinajstić information content (AvgIpc) is 3.26. The number of nitrogens with one attached hydrogen (secondary N) is 1. The summed E-state index contributed by atoms with van der Waals surface area (Å²) in [6.07, 6.45) is 0. The molecule has 1 aliphatic heterocycles. The van der Waals surface area contributed by atoms with Gasteiger partial charge in [-0.05, 0) is 46.0 Å². The minimum Gasteiger partial charge on any atom is -0.454 e. The molecule has 0 bridgehead atoms. The average molecular weight is 345 g/mol. The van der Waals surface area contributed by atoms with Crippen molar-refractivity contribution in [3.8, 4) is 11.5 Å². The largest absolute Gasteiger partial charge is 0.454 e. The number of hydrogen-bond donors (Lipinski definition) is 1. The van der Waals surface area contributed by atoms with Crippen molar-refractivity contribution in [1.82, 2.24) is 10.2 Å². The van der Waals surface area contributed by atoms with Crippen LogP contribution in [0.25, 0.3) is 0 Å². The number of benzene rings is 1. The third kappa shape index (κ3) is 3.82. The van der Waals surface area contributed by atoms with Gasteiger partial charge < -0.3 is 19.7 Å². The molecule has 2 heterocycles. The summed E-state index contributed by atoms with van der Waals surface area (Å²) in [6.45, 7) is 4.14. The van der Waals surface area contributed by atoms with Gasteiger partial charge in [0.05, 0.1) is 0 Å². The lowest BCUT2D eigenvalue weighted by Crippen LogP contribution is -2.40. The standard InChI is InChI=1S/C18H23N3O2S/c1-13(15-6-7-24-11-15)9-20-18(19-2)21(3)10-14-4-5-16-17(8-14)23-12-22-16/h4-8,11,13H,9-10,12H2,1-3H3,(H,19,20). The molecule has 3 rings (SSSR count). The Balaban J connectivity index is 1.57. The molecule has 0 amide bonds. The normalized spacial score (nSPS) is 14.5. The van der Waals surface area contributed by atoms with E-state index in [0.717, 1.165) is 36.1 Å². The van der Waals surface area contributed by atoms with Crippen LogP contribution in [0.4, 0.5) is 0 Å². The third-order valence-electron chi connectivity index (χ3n) is 4.11. The van der Waals surface area contributed by atoms with Crippen LogP contribution in [-0.4, -0.2) is 38.3 Å². The maximum Gasteiger partial charge on any atom is 0.231 e. The van der Waals surface area contributed by atoms with Crippen LogP contribution in [0, 0.1) is 0 Å². The van der Waals surface area contributed by atoms with Crippen LogP contribution in [0.15, 0.2) is 40.0 Å². The second-order valence-electron chi connectivity index (χ2n) is 5.93. The highest BCUT2D eigenvalue weighted by Gasteiger charge is 2.15. The van der Waals surface area contributed by atoms with Gasteiger partial charge in [0.1, 0.15) is 0 Å². The van der Waals surface area contributed by atoms with Crippen molar-refractivity contribution < 1.29 is 9.47 Å². The van der Waals surface area contributed by atoms with Crippen LogP contribution in [0.5, 0.6) is 11.5 Å². The van der Waals surface area contributed by atoms with Crippen molar-refractivity contribution in [2.24, 2.45) is 4.99 Å². The lowest BCUT2D eigenvalue weighted by molar-refractivity contribution is 0.174. The van der Waals surface area contributed by atoms with Gasteiger partial charge in [-0.1, -0.05) is 13.0 Å². The fourth-order valence-corrected chi connectivity index (χ4v) is 3.47. The number of rotatable bonds is 5. The molecule has 24 heavy (non-hydrogen) atoms. The fourth-order valence-electron chi connectivity index (χ4n) is 2.69. The molecule has 1 aliphatic rings. The third-order valence-corrected chi connectivity index (χ3v) is 4.81. The highest BCUT2D eigenvalue weighted by molar-refractivity contribution is 7.07. The number of guanidine groups is 1. The van der Waals surface area contributed by atoms with E-state index in [2.05, 4.69) is 45.0 Å². The summed E-state index contributed by atoms with van der Waals surface area (Å²) in [4.78, 5) is 6.50. The van der Waals surface area contributed by atoms with Gasteiger partial charge in [-0.15, -0.1) is 0 Å². The molecule has 0 radical (unpaired) electrons. The Bertz CT molecular complexity index is 700. The molecule has 1 aromatic heterocycles. The van der Waals surface area contributed by atoms with Crippen molar-refractivity contribution in [2.75, 3.05) is 27.4 Å². The van der Waals surface area contributed by atoms with Crippen molar-refractivity contribution in [2.45, 2.75) is 19.4 Å². The molecule has 0 aliphatic carbocycles. The quantitative estimate of drug-likeness (QED) is 0.667. The van der Waals surface area contributed by atoms with Crippen LogP contribution in [-0.2, 0) is 6.54 Å². The molecule has 1 unspecified atom stereocenters. The zero-order valence-electron chi connectivity index (χ0n) is 14.3. The number of ether oxygens (including phenoxy) is 2. The number of fused-ring (bicyclic) bond motifs is 1. The topological polar surface area (TPSA) is 46.1 Å². The van der Waals surface area contributed by atoms with Gasteiger partial charge in [-0.2, -0.15) is 11.3 Å². The predicted molar refractivity (Wildman–Crippen MR) is 98.1 cm³/mol. The van der Waals surface area contributed by atoms with E-state index in [0.29, 0.717) is 12.7 Å². The van der Waals surface area contributed by atoms with Gasteiger partial charge in [-0.25, -0.2) is 0 Å². The van der Waals surface area contributed by atoms with Gasteiger partial charge in [0.15, 0.2) is 17.5 Å². The molecule has 5 nitrogen and oxygen atoms in total. The molecule has 1 N–H and O–H groups in total. The molecule has 0 fully saturated rings. The Morgan fingerprint density at radius 2 is 2.17 bits per heavy atom. The van der Waals surface area contributed by atoms with E-state index >= 15 is 0 Å². The minimum atomic E-state index is 0.304. The first kappa shape index (κ1) is 16.6. The summed E-state index contributed by atoms with van der Waals surface area (Å²) >= 11 is 1.74. The lowest BCUT2D eigenvalue weighted by atomic mass is 10.1. The first-order valence-corrected chi connectivity index (χ1v) is 8.94. The maximum absolute atomic E-state index is 5.44. The Morgan fingerprint density at radius 1 is 1.33 bits per heavy atom. The van der Waals surface area contributed by atoms with E-state index in [-0.39, 0.29) is 0 Å². The van der Waals surface area contributed by atoms with E-state index < -0.39 is 0 Å². The Labute approximate surface area is 146 Å². The lowest BCUT2D eigenvalue weighted by Gasteiger charge is -2.23. The first-order chi connectivity index (χ1) is 11.7. The van der Waals surface area contributed by atoms with Crippen LogP contribution < -0.4 is 14.8 Å². The highest BCUT2D eigenvalue weighted by Crippen LogP contribution is 2.32. The second kappa shape index (κ2) is 7.57. The molecule has 6 heteroatoms. The van der Waals surface area contributed by atoms with Crippen molar-refractivity contribution in [1.29, 1.82) is 0 Å². The van der Waals surface area contributed by atoms with E-state index in [1.54, 1.807) is 11.3 Å².